The largest absolute Gasteiger partial charge is 3.00 e. The van der Waals surface area contributed by atoms with Crippen LogP contribution in [-0.2, 0) is 42.3 Å². The molecule has 2 rings (SSSR count). The number of anilines is 1. The van der Waals surface area contributed by atoms with Crippen LogP contribution in [0.3, 0.4) is 0 Å². The van der Waals surface area contributed by atoms with Crippen molar-refractivity contribution in [1.29, 1.82) is 0 Å². The number of allylic oxidation sites excluding steroid dienone is 2. The Morgan fingerprint density at radius 2 is 1.71 bits per heavy atom. The Morgan fingerprint density at radius 3 is 2.19 bits per heavy atom. The molecule has 1 atom stereocenters. The van der Waals surface area contributed by atoms with Crippen LogP contribution in [-0.4, -0.2) is 30.2 Å². The molecule has 6 nitrogen and oxygen atoms in total. The van der Waals surface area contributed by atoms with E-state index in [2.05, 4.69) is 54.8 Å². The molecule has 0 aliphatic carbocycles. The van der Waals surface area contributed by atoms with Crippen molar-refractivity contribution >= 4 is 34.9 Å². The molecule has 0 aliphatic rings. The van der Waals surface area contributed by atoms with Gasteiger partial charge in [-0.15, -0.1) is 23.5 Å². The second kappa shape index (κ2) is 33.6. The second-order valence-corrected chi connectivity index (χ2v) is 11.4. The Morgan fingerprint density at radius 1 is 1.06 bits per heavy atom. The Hall–Kier alpha value is -3.21. The van der Waals surface area contributed by atoms with Crippen LogP contribution in [0.25, 0.3) is 5.57 Å². The van der Waals surface area contributed by atoms with Gasteiger partial charge in [-0.25, -0.2) is 9.38 Å². The smallest absolute Gasteiger partial charge is 0.478 e. The van der Waals surface area contributed by atoms with Gasteiger partial charge in [-0.2, -0.15) is 18.9 Å². The first-order valence-electron chi connectivity index (χ1n) is 18.0. The van der Waals surface area contributed by atoms with Crippen LogP contribution in [0.2, 0.25) is 0 Å². The van der Waals surface area contributed by atoms with Crippen LogP contribution in [0.15, 0.2) is 58.8 Å². The van der Waals surface area contributed by atoms with Gasteiger partial charge in [-0.1, -0.05) is 77.7 Å². The molecule has 0 aliphatic heterocycles. The van der Waals surface area contributed by atoms with Crippen molar-refractivity contribution in [2.24, 2.45) is 15.9 Å². The van der Waals surface area contributed by atoms with Gasteiger partial charge in [0.15, 0.2) is 17.4 Å². The third-order valence-electron chi connectivity index (χ3n) is 7.47. The average Bonchev–Trinajstić information content (AvgIpc) is 3.12. The van der Waals surface area contributed by atoms with E-state index in [0.29, 0.717) is 34.4 Å². The van der Waals surface area contributed by atoms with E-state index in [1.807, 2.05) is 66.0 Å². The molecule has 52 heavy (non-hydrogen) atoms. The molecule has 1 N–H and O–H groups in total. The van der Waals surface area contributed by atoms with Gasteiger partial charge in [0.05, 0.1) is 12.0 Å². The number of carbonyl (C=O) groups is 1. The van der Waals surface area contributed by atoms with Crippen LogP contribution >= 0.6 is 0 Å². The number of carbonyl (C=O) groups excluding carboxylic acids is 2. The van der Waals surface area contributed by atoms with E-state index in [1.165, 1.54) is 19.3 Å². The molecule has 0 radical (unpaired) electrons. The molecule has 0 bridgehead atoms. The molecule has 1 unspecified atom stereocenters. The average molecular weight is 790 g/mol. The topological polar surface area (TPSA) is 80.1 Å². The minimum absolute atomic E-state index is 0. The summed E-state index contributed by atoms with van der Waals surface area (Å²) < 4.78 is 20.1. The molecular weight excluding hydrogens is 726 g/mol. The summed E-state index contributed by atoms with van der Waals surface area (Å²) in [7, 11) is 0. The van der Waals surface area contributed by atoms with Gasteiger partial charge in [0.25, 0.3) is 0 Å². The van der Waals surface area contributed by atoms with Gasteiger partial charge < -0.3 is 28.7 Å². The fourth-order valence-corrected chi connectivity index (χ4v) is 4.39. The van der Waals surface area contributed by atoms with Gasteiger partial charge in [0.2, 0.25) is 0 Å². The molecule has 8 heteroatoms. The number of amidine groups is 1. The summed E-state index contributed by atoms with van der Waals surface area (Å²) >= 11 is 0. The summed E-state index contributed by atoms with van der Waals surface area (Å²) in [5.74, 6) is 6.48. The number of benzene rings is 2. The van der Waals surface area contributed by atoms with Crippen LogP contribution < -0.4 is 10.1 Å². The van der Waals surface area contributed by atoms with Crippen molar-refractivity contribution in [3.63, 3.8) is 0 Å². The quantitative estimate of drug-likeness (QED) is 0.0843. The summed E-state index contributed by atoms with van der Waals surface area (Å²) in [6, 6.07) is 8.75. The van der Waals surface area contributed by atoms with Gasteiger partial charge in [-0.05, 0) is 77.2 Å². The molecule has 0 heterocycles. The number of rotatable bonds is 15. The predicted octanol–water partition coefficient (Wildman–Crippen LogP) is 11.8. The van der Waals surface area contributed by atoms with Crippen LogP contribution in [0.4, 0.5) is 10.1 Å². The maximum Gasteiger partial charge on any atom is 3.00 e. The Kier molecular flexibility index (Phi) is 34.4. The fourth-order valence-electron chi connectivity index (χ4n) is 4.39. The molecule has 2 aromatic carbocycles. The van der Waals surface area contributed by atoms with Gasteiger partial charge >= 0.3 is 32.7 Å². The Balaban J connectivity index is -0.00000111. The van der Waals surface area contributed by atoms with Crippen molar-refractivity contribution < 1.29 is 51.4 Å². The number of nitrogens with zero attached hydrogens (tertiary/aromatic N) is 2. The number of hydrogen-bond acceptors (Lipinski definition) is 5. The summed E-state index contributed by atoms with van der Waals surface area (Å²) in [4.78, 5) is 30.8. The molecular formula is C44H63FN3O3Y. The fraction of sp³-hybridized carbons (Fsp3) is 0.455. The van der Waals surface area contributed by atoms with E-state index in [9.17, 15) is 14.0 Å². The maximum atomic E-state index is 14.7. The predicted molar refractivity (Wildman–Crippen MR) is 219 cm³/mol. The number of Topliss-reactive ketones (excluding diaryl/α,β-unsaturated/α-hetero) is 1. The van der Waals surface area contributed by atoms with Crippen molar-refractivity contribution in [2.75, 3.05) is 11.9 Å². The van der Waals surface area contributed by atoms with E-state index < -0.39 is 5.82 Å². The normalized spacial score (nSPS) is 11.5. The van der Waals surface area contributed by atoms with E-state index in [-0.39, 0.29) is 45.1 Å². The minimum atomic E-state index is -0.410. The molecule has 2 aromatic rings. The van der Waals surface area contributed by atoms with Crippen molar-refractivity contribution in [1.82, 2.24) is 0 Å². The Labute approximate surface area is 341 Å². The maximum absolute atomic E-state index is 14.7. The second-order valence-electron chi connectivity index (χ2n) is 11.4. The number of aryl methyl sites for hydroxylation is 1. The van der Waals surface area contributed by atoms with Crippen LogP contribution in [0, 0.1) is 51.3 Å². The molecule has 0 saturated carbocycles. The number of ketones is 1. The molecule has 0 spiro atoms. The minimum Gasteiger partial charge on any atom is -0.478 e. The standard InChI is InChI=1S/C28H29FN3O2.C9H18O.C5H10.C2H6.Y/c1-7-9-15-34-26-13-12-25(21(5)27(26)29)20(4)17-31-22(6)28(30-14-8-2)32-24-11-10-23(18-33)19(3)16-24;1-4-6-7-9(5-2)8(3)10;1-3-5-4-2;1-2;/h8,10-14,16-17H,15H2,1-6H3,(H,30,32);9H,4-7H2,1-3H3;1-5H2;1-2H3;/q-1;;-2;;+3/b14-8-,20-17+,31-22?;;;;. The number of halogens is 1. The number of aliphatic imine (C=N–C) groups is 2. The number of hydrogen-bond donors (Lipinski definition) is 1. The zero-order chi connectivity index (χ0) is 39.2. The van der Waals surface area contributed by atoms with Gasteiger partial charge in [0.1, 0.15) is 12.4 Å². The van der Waals surface area contributed by atoms with Crippen molar-refractivity contribution in [3.8, 4) is 17.6 Å². The third kappa shape index (κ3) is 22.0. The monoisotopic (exact) mass is 789 g/mol. The molecule has 0 fully saturated rings. The molecule has 0 amide bonds. The van der Waals surface area contributed by atoms with Gasteiger partial charge in [0, 0.05) is 24.0 Å². The number of ether oxygens (including phenoxy) is 1. The SMILES string of the molecule is CC.CC#CCOc1ccc(/C(C)=C/N=C(C)C(=N/C=C\C)Nc2ccc([C-]=O)c(C)c2)c(C)c1F.CCCCC(CC)C(C)=O.[CH2-]CCC[CH2-].[Y+3]. The van der Waals surface area contributed by atoms with Gasteiger partial charge in [-0.3, -0.25) is 9.79 Å². The summed E-state index contributed by atoms with van der Waals surface area (Å²) in [6.45, 7) is 28.2. The third-order valence-corrected chi connectivity index (χ3v) is 7.47. The van der Waals surface area contributed by atoms with E-state index in [0.717, 1.165) is 48.1 Å². The summed E-state index contributed by atoms with van der Waals surface area (Å²) in [6.07, 6.45) is 14.8. The van der Waals surface area contributed by atoms with Crippen LogP contribution in [0.1, 0.15) is 130 Å². The Bertz CT molecular complexity index is 1500. The first-order valence-corrected chi connectivity index (χ1v) is 18.0. The number of unbranched alkanes of at least 4 members (excludes halogenated alkanes) is 3. The zero-order valence-corrected chi connectivity index (χ0v) is 36.7. The molecule has 0 saturated heterocycles. The summed E-state index contributed by atoms with van der Waals surface area (Å²) in [5.41, 5.74) is 4.74. The van der Waals surface area contributed by atoms with E-state index in [4.69, 9.17) is 4.74 Å². The molecule has 0 aromatic heterocycles. The van der Waals surface area contributed by atoms with E-state index in [1.54, 1.807) is 51.4 Å². The zero-order valence-electron chi connectivity index (χ0n) is 33.8. The number of nitrogens with one attached hydrogen (secondary N) is 1. The first-order chi connectivity index (χ1) is 24.4. The molecule has 282 valence electrons. The first kappa shape index (κ1) is 53.1. The van der Waals surface area contributed by atoms with Crippen molar-refractivity contribution in [2.45, 2.75) is 121 Å². The summed E-state index contributed by atoms with van der Waals surface area (Å²) in [5, 5.41) is 3.24. The van der Waals surface area contributed by atoms with E-state index >= 15 is 0 Å². The van der Waals surface area contributed by atoms with Crippen molar-refractivity contribution in [3.05, 3.63) is 90.7 Å². The van der Waals surface area contributed by atoms with Crippen LogP contribution in [0.5, 0.6) is 5.75 Å².